The van der Waals surface area contributed by atoms with Gasteiger partial charge < -0.3 is 24.4 Å². The van der Waals surface area contributed by atoms with Gasteiger partial charge in [0.15, 0.2) is 0 Å². The number of hydrogen-bond acceptors (Lipinski definition) is 8. The minimum atomic E-state index is -0.432. The lowest BCUT2D eigenvalue weighted by Crippen LogP contribution is -2.42. The van der Waals surface area contributed by atoms with Gasteiger partial charge in [-0.1, -0.05) is 99.6 Å². The summed E-state index contributed by atoms with van der Waals surface area (Å²) in [5.41, 5.74) is 6.09. The van der Waals surface area contributed by atoms with E-state index in [0.717, 1.165) is 24.8 Å². The molecule has 7 rings (SSSR count). The number of esters is 1. The summed E-state index contributed by atoms with van der Waals surface area (Å²) >= 11 is 1.38. The van der Waals surface area contributed by atoms with Crippen molar-refractivity contribution in [3.8, 4) is 11.1 Å². The van der Waals surface area contributed by atoms with Crippen LogP contribution in [-0.2, 0) is 25.4 Å². The van der Waals surface area contributed by atoms with Crippen molar-refractivity contribution in [2.24, 2.45) is 23.7 Å². The van der Waals surface area contributed by atoms with Crippen molar-refractivity contribution in [2.75, 3.05) is 20.3 Å². The van der Waals surface area contributed by atoms with Gasteiger partial charge in [0.2, 0.25) is 0 Å². The van der Waals surface area contributed by atoms with Gasteiger partial charge in [-0.25, -0.2) is 9.78 Å². The number of rotatable bonds is 17. The minimum absolute atomic E-state index is 0.0281. The Kier molecular flexibility index (Phi) is 13.1. The SMILES string of the molecule is CCO[C@H](C[C@H](C(C)C)N(C)C(=O)OCC1c2ccccc2-c2ccccc21)c1nc(C(=O)N[C@@H](Cc2ccccc2)C[C@H](C)C(=O)O[C@H]2CC[C@@H]3CC[C@@H]32)cs1. The van der Waals surface area contributed by atoms with Crippen LogP contribution < -0.4 is 5.32 Å². The average Bonchev–Trinajstić information content (AvgIpc) is 3.89. The van der Waals surface area contributed by atoms with E-state index >= 15 is 0 Å². The molecule has 2 fully saturated rings. The molecule has 1 heterocycles. The third kappa shape index (κ3) is 9.28. The molecule has 3 aliphatic rings. The predicted octanol–water partition coefficient (Wildman–Crippen LogP) is 9.62. The quantitative estimate of drug-likeness (QED) is 0.106. The summed E-state index contributed by atoms with van der Waals surface area (Å²) in [5.74, 6) is 0.457. The van der Waals surface area contributed by atoms with Gasteiger partial charge in [-0.2, -0.15) is 0 Å². The minimum Gasteiger partial charge on any atom is -0.462 e. The topological polar surface area (TPSA) is 107 Å². The molecule has 9 nitrogen and oxygen atoms in total. The van der Waals surface area contributed by atoms with E-state index in [1.165, 1.54) is 40.0 Å². The van der Waals surface area contributed by atoms with Crippen LogP contribution >= 0.6 is 11.3 Å². The van der Waals surface area contributed by atoms with Crippen LogP contribution in [0.25, 0.3) is 11.1 Å². The van der Waals surface area contributed by atoms with Gasteiger partial charge in [0, 0.05) is 43.5 Å². The molecule has 0 unspecified atom stereocenters. The maximum atomic E-state index is 13.8. The maximum Gasteiger partial charge on any atom is 0.409 e. The highest BCUT2D eigenvalue weighted by atomic mass is 32.1. The molecule has 2 amide bonds. The fourth-order valence-corrected chi connectivity index (χ4v) is 10.1. The zero-order valence-corrected chi connectivity index (χ0v) is 34.7. The first kappa shape index (κ1) is 40.6. The molecule has 7 atom stereocenters. The number of hydrogen-bond donors (Lipinski definition) is 1. The first-order chi connectivity index (χ1) is 27.6. The molecule has 0 saturated heterocycles. The molecule has 0 radical (unpaired) electrons. The lowest BCUT2D eigenvalue weighted by molar-refractivity contribution is -0.157. The summed E-state index contributed by atoms with van der Waals surface area (Å²) in [6.45, 7) is 8.70. The Labute approximate surface area is 341 Å². The zero-order chi connectivity index (χ0) is 40.1. The number of carbonyl (C=O) groups is 3. The van der Waals surface area contributed by atoms with Gasteiger partial charge in [0.1, 0.15) is 29.5 Å². The van der Waals surface area contributed by atoms with E-state index in [1.807, 2.05) is 68.4 Å². The molecule has 1 N–H and O–H groups in total. The number of ether oxygens (including phenoxy) is 3. The van der Waals surface area contributed by atoms with Crippen LogP contribution in [0.3, 0.4) is 0 Å². The van der Waals surface area contributed by atoms with Gasteiger partial charge in [0.25, 0.3) is 5.91 Å². The molecule has 4 aromatic rings. The summed E-state index contributed by atoms with van der Waals surface area (Å²) in [6, 6.07) is 26.1. The van der Waals surface area contributed by atoms with E-state index in [9.17, 15) is 14.4 Å². The van der Waals surface area contributed by atoms with Crippen LogP contribution in [0.1, 0.15) is 110 Å². The average molecular weight is 792 g/mol. The summed E-state index contributed by atoms with van der Waals surface area (Å²) in [4.78, 5) is 47.3. The highest BCUT2D eigenvalue weighted by Gasteiger charge is 2.44. The molecule has 1 aromatic heterocycles. The van der Waals surface area contributed by atoms with Gasteiger partial charge in [-0.15, -0.1) is 11.3 Å². The summed E-state index contributed by atoms with van der Waals surface area (Å²) in [5, 5.41) is 5.64. The van der Waals surface area contributed by atoms with Crippen LogP contribution in [0, 0.1) is 23.7 Å². The second-order valence-electron chi connectivity index (χ2n) is 16.5. The smallest absolute Gasteiger partial charge is 0.409 e. The lowest BCUT2D eigenvalue weighted by atomic mass is 9.75. The van der Waals surface area contributed by atoms with Crippen molar-refractivity contribution in [3.05, 3.63) is 112 Å². The Hall–Kier alpha value is -4.54. The van der Waals surface area contributed by atoms with Crippen molar-refractivity contribution in [3.63, 3.8) is 0 Å². The van der Waals surface area contributed by atoms with Crippen LogP contribution in [0.5, 0.6) is 0 Å². The lowest BCUT2D eigenvalue weighted by Gasteiger charge is -2.34. The van der Waals surface area contributed by atoms with Crippen LogP contribution in [0.4, 0.5) is 4.79 Å². The number of thiazole rings is 1. The Morgan fingerprint density at radius 3 is 2.18 bits per heavy atom. The van der Waals surface area contributed by atoms with Crippen LogP contribution in [0.2, 0.25) is 0 Å². The van der Waals surface area contributed by atoms with Crippen molar-refractivity contribution in [2.45, 2.75) is 103 Å². The molecule has 0 spiro atoms. The molecular formula is C47H57N3O6S. The molecule has 0 aliphatic heterocycles. The third-order valence-corrected chi connectivity index (χ3v) is 13.4. The number of nitrogens with zero attached hydrogens (tertiary/aromatic N) is 2. The third-order valence-electron chi connectivity index (χ3n) is 12.5. The van der Waals surface area contributed by atoms with Crippen molar-refractivity contribution in [1.82, 2.24) is 15.2 Å². The number of nitrogens with one attached hydrogen (secondary N) is 1. The number of benzene rings is 3. The van der Waals surface area contributed by atoms with Gasteiger partial charge >= 0.3 is 12.1 Å². The number of aromatic nitrogens is 1. The van der Waals surface area contributed by atoms with E-state index in [0.29, 0.717) is 48.4 Å². The van der Waals surface area contributed by atoms with Crippen molar-refractivity contribution < 1.29 is 28.6 Å². The Morgan fingerprint density at radius 2 is 1.54 bits per heavy atom. The highest BCUT2D eigenvalue weighted by Crippen LogP contribution is 2.48. The van der Waals surface area contributed by atoms with Crippen molar-refractivity contribution in [1.29, 1.82) is 0 Å². The van der Waals surface area contributed by atoms with E-state index in [1.54, 1.807) is 17.3 Å². The number of amides is 2. The second-order valence-corrected chi connectivity index (χ2v) is 17.4. The largest absolute Gasteiger partial charge is 0.462 e. The first-order valence-corrected chi connectivity index (χ1v) is 21.7. The van der Waals surface area contributed by atoms with Crippen LogP contribution in [0.15, 0.2) is 84.2 Å². The summed E-state index contributed by atoms with van der Waals surface area (Å²) in [6.07, 6.45) is 5.23. The fraction of sp³-hybridized carbons (Fsp3) is 0.489. The Morgan fingerprint density at radius 1 is 0.877 bits per heavy atom. The van der Waals surface area contributed by atoms with Crippen LogP contribution in [-0.4, -0.2) is 66.3 Å². The number of carbonyl (C=O) groups excluding carboxylic acids is 3. The van der Waals surface area contributed by atoms with E-state index in [-0.39, 0.29) is 60.5 Å². The number of fused-ring (bicyclic) bond motifs is 4. The molecule has 302 valence electrons. The van der Waals surface area contributed by atoms with E-state index in [2.05, 4.69) is 43.4 Å². The Bertz CT molecular complexity index is 1950. The predicted molar refractivity (Wildman–Crippen MR) is 223 cm³/mol. The molecule has 2 saturated carbocycles. The molecular weight excluding hydrogens is 735 g/mol. The molecule has 0 bridgehead atoms. The highest BCUT2D eigenvalue weighted by molar-refractivity contribution is 7.09. The molecule has 57 heavy (non-hydrogen) atoms. The first-order valence-electron chi connectivity index (χ1n) is 20.8. The molecule has 3 aliphatic carbocycles. The van der Waals surface area contributed by atoms with E-state index < -0.39 is 6.10 Å². The molecule has 3 aromatic carbocycles. The van der Waals surface area contributed by atoms with E-state index in [4.69, 9.17) is 19.2 Å². The van der Waals surface area contributed by atoms with Gasteiger partial charge in [-0.05, 0) is 91.0 Å². The fourth-order valence-electron chi connectivity index (χ4n) is 9.23. The van der Waals surface area contributed by atoms with Gasteiger partial charge in [0.05, 0.1) is 5.92 Å². The maximum absolute atomic E-state index is 13.8. The normalized spacial score (nSPS) is 20.4. The Balaban J connectivity index is 0.990. The zero-order valence-electron chi connectivity index (χ0n) is 33.9. The molecule has 10 heteroatoms. The monoisotopic (exact) mass is 791 g/mol. The summed E-state index contributed by atoms with van der Waals surface area (Å²) < 4.78 is 18.3. The second kappa shape index (κ2) is 18.4. The van der Waals surface area contributed by atoms with Gasteiger partial charge in [-0.3, -0.25) is 9.59 Å². The van der Waals surface area contributed by atoms with Crippen molar-refractivity contribution >= 4 is 29.3 Å². The standard InChI is InChI=1S/C47H57N3O6S/c1-6-54-43(26-41(29(2)3)50(5)47(53)55-27-39-37-18-12-10-16-35(37)36-17-11-13-19-38(36)39)45-49-40(28-57-45)44(51)48-33(25-31-14-8-7-9-15-31)24-30(4)46(52)56-42-23-21-32-20-22-34(32)42/h7-19,28-30,32-34,39,41-43H,6,20-27H2,1-5H3,(H,48,51)/t30-,32-,33+,34-,41+,42-,43+/m0/s1. The summed E-state index contributed by atoms with van der Waals surface area (Å²) in [7, 11) is 1.79.